The van der Waals surface area contributed by atoms with Crippen molar-refractivity contribution in [3.63, 3.8) is 0 Å². The Balaban J connectivity index is 3.21. The second kappa shape index (κ2) is 5.56. The first-order valence-electron chi connectivity index (χ1n) is 3.20. The van der Waals surface area contributed by atoms with E-state index in [1.54, 1.807) is 0 Å². The van der Waals surface area contributed by atoms with Gasteiger partial charge >= 0.3 is 5.97 Å². The van der Waals surface area contributed by atoms with Crippen molar-refractivity contribution in [2.45, 2.75) is 18.6 Å². The lowest BCUT2D eigenvalue weighted by atomic mass is 10.3. The van der Waals surface area contributed by atoms with Gasteiger partial charge in [0.25, 0.3) is 0 Å². The monoisotopic (exact) mass is 163 g/mol. The fourth-order valence-electron chi connectivity index (χ4n) is 0.532. The molecule has 0 aromatic rings. The minimum absolute atomic E-state index is 0.182. The molecule has 0 rings (SSSR count). The second-order valence-electron chi connectivity index (χ2n) is 2.09. The van der Waals surface area contributed by atoms with E-state index in [1.165, 1.54) is 11.8 Å². The zero-order valence-corrected chi connectivity index (χ0v) is 6.86. The number of hydrogen-bond acceptors (Lipinski definition) is 3. The molecular weight excluding hydrogens is 150 g/mol. The Hall–Kier alpha value is -0.220. The topological polar surface area (TPSA) is 63.3 Å². The Kier molecular flexibility index (Phi) is 5.43. The molecule has 0 fully saturated rings. The molecule has 0 aliphatic carbocycles. The number of carbonyl (C=O) groups is 1. The molecule has 1 unspecified atom stereocenters. The van der Waals surface area contributed by atoms with Crippen LogP contribution in [0.2, 0.25) is 0 Å². The molecule has 0 radical (unpaired) electrons. The molecule has 10 heavy (non-hydrogen) atoms. The lowest BCUT2D eigenvalue weighted by Crippen LogP contribution is -2.09. The normalized spacial score (nSPS) is 13.0. The van der Waals surface area contributed by atoms with Crippen molar-refractivity contribution in [2.75, 3.05) is 12.3 Å². The predicted octanol–water partition coefficient (Wildman–Crippen LogP) is 0.542. The smallest absolute Gasteiger partial charge is 0.313 e. The van der Waals surface area contributed by atoms with Gasteiger partial charge in [-0.25, -0.2) is 0 Å². The van der Waals surface area contributed by atoms with E-state index in [9.17, 15) is 4.79 Å². The van der Waals surface area contributed by atoms with Crippen LogP contribution in [-0.4, -0.2) is 28.6 Å². The summed E-state index contributed by atoms with van der Waals surface area (Å²) in [5.41, 5.74) is 5.28. The first-order valence-corrected chi connectivity index (χ1v) is 4.25. The molecule has 0 aromatic carbocycles. The number of thioether (sulfide) groups is 1. The van der Waals surface area contributed by atoms with Crippen LogP contribution in [0.5, 0.6) is 0 Å². The van der Waals surface area contributed by atoms with Gasteiger partial charge in [0.1, 0.15) is 0 Å². The molecule has 3 N–H and O–H groups in total. The van der Waals surface area contributed by atoms with Crippen molar-refractivity contribution in [2.24, 2.45) is 5.73 Å². The van der Waals surface area contributed by atoms with Crippen molar-refractivity contribution in [1.82, 2.24) is 0 Å². The molecule has 0 bridgehead atoms. The number of hydrogen-bond donors (Lipinski definition) is 2. The minimum Gasteiger partial charge on any atom is -0.481 e. The summed E-state index contributed by atoms with van der Waals surface area (Å²) in [7, 11) is 0. The number of aliphatic carboxylic acids is 1. The zero-order chi connectivity index (χ0) is 7.98. The molecule has 0 aliphatic heterocycles. The van der Waals surface area contributed by atoms with Crippen LogP contribution in [0.3, 0.4) is 0 Å². The lowest BCUT2D eigenvalue weighted by molar-refractivity contribution is -0.133. The van der Waals surface area contributed by atoms with E-state index < -0.39 is 5.97 Å². The molecule has 4 heteroatoms. The Morgan fingerprint density at radius 2 is 2.40 bits per heavy atom. The van der Waals surface area contributed by atoms with Crippen LogP contribution in [0.4, 0.5) is 0 Å². The minimum atomic E-state index is -0.756. The van der Waals surface area contributed by atoms with Crippen molar-refractivity contribution in [3.05, 3.63) is 0 Å². The van der Waals surface area contributed by atoms with E-state index in [0.29, 0.717) is 11.8 Å². The first-order chi connectivity index (χ1) is 4.66. The maximum atomic E-state index is 10.1. The molecule has 3 nitrogen and oxygen atoms in total. The summed E-state index contributed by atoms with van der Waals surface area (Å²) in [6.45, 7) is 2.62. The highest BCUT2D eigenvalue weighted by Gasteiger charge is 2.03. The Morgan fingerprint density at radius 3 is 2.80 bits per heavy atom. The average molecular weight is 163 g/mol. The van der Waals surface area contributed by atoms with Crippen molar-refractivity contribution >= 4 is 17.7 Å². The van der Waals surface area contributed by atoms with Gasteiger partial charge in [0, 0.05) is 5.25 Å². The summed E-state index contributed by atoms with van der Waals surface area (Å²) in [5.74, 6) is -0.574. The van der Waals surface area contributed by atoms with E-state index in [0.717, 1.165) is 6.42 Å². The number of nitrogens with two attached hydrogens (primary N) is 1. The van der Waals surface area contributed by atoms with E-state index in [2.05, 4.69) is 0 Å². The molecule has 0 saturated heterocycles. The lowest BCUT2D eigenvalue weighted by Gasteiger charge is -2.05. The first kappa shape index (κ1) is 9.78. The number of carboxylic acids is 1. The maximum Gasteiger partial charge on any atom is 0.313 e. The van der Waals surface area contributed by atoms with Crippen LogP contribution in [-0.2, 0) is 4.79 Å². The van der Waals surface area contributed by atoms with Crippen LogP contribution in [0.25, 0.3) is 0 Å². The summed E-state index contributed by atoms with van der Waals surface area (Å²) in [6, 6.07) is 0. The quantitative estimate of drug-likeness (QED) is 0.621. The van der Waals surface area contributed by atoms with Crippen LogP contribution < -0.4 is 5.73 Å². The summed E-state index contributed by atoms with van der Waals surface area (Å²) >= 11 is 1.43. The molecular formula is C6H13NO2S. The second-order valence-corrected chi connectivity index (χ2v) is 3.52. The fraction of sp³-hybridized carbons (Fsp3) is 0.833. The molecule has 0 amide bonds. The van der Waals surface area contributed by atoms with Crippen LogP contribution >= 0.6 is 11.8 Å². The van der Waals surface area contributed by atoms with E-state index in [-0.39, 0.29) is 5.75 Å². The van der Waals surface area contributed by atoms with Gasteiger partial charge in [-0.1, -0.05) is 6.92 Å². The summed E-state index contributed by atoms with van der Waals surface area (Å²) in [4.78, 5) is 10.1. The molecule has 60 valence electrons. The van der Waals surface area contributed by atoms with Crippen LogP contribution in [0.15, 0.2) is 0 Å². The number of carboxylic acid groups (broad SMARTS) is 1. The highest BCUT2D eigenvalue weighted by atomic mass is 32.2. The summed E-state index contributed by atoms with van der Waals surface area (Å²) in [6.07, 6.45) is 0.887. The SMILES string of the molecule is CC(CCN)SCC(=O)O. The Morgan fingerprint density at radius 1 is 1.80 bits per heavy atom. The molecule has 1 atom stereocenters. The van der Waals surface area contributed by atoms with Gasteiger partial charge in [0.2, 0.25) is 0 Å². The van der Waals surface area contributed by atoms with Gasteiger partial charge in [0.05, 0.1) is 5.75 Å². The van der Waals surface area contributed by atoms with Gasteiger partial charge in [0.15, 0.2) is 0 Å². The van der Waals surface area contributed by atoms with Crippen LogP contribution in [0.1, 0.15) is 13.3 Å². The van der Waals surface area contributed by atoms with Crippen LogP contribution in [0, 0.1) is 0 Å². The average Bonchev–Trinajstić information content (AvgIpc) is 1.85. The fourth-order valence-corrected chi connectivity index (χ4v) is 1.26. The van der Waals surface area contributed by atoms with Gasteiger partial charge < -0.3 is 10.8 Å². The molecule has 0 aromatic heterocycles. The van der Waals surface area contributed by atoms with Crippen molar-refractivity contribution in [3.8, 4) is 0 Å². The third kappa shape index (κ3) is 5.91. The Bertz CT molecular complexity index is 108. The standard InChI is InChI=1S/C6H13NO2S/c1-5(2-3-7)10-4-6(8)9/h5H,2-4,7H2,1H3,(H,8,9). The molecule has 0 aliphatic rings. The molecule has 0 saturated carbocycles. The number of rotatable bonds is 5. The third-order valence-corrected chi connectivity index (χ3v) is 2.28. The predicted molar refractivity (Wildman–Crippen MR) is 43.2 cm³/mol. The van der Waals surface area contributed by atoms with Crippen molar-refractivity contribution in [1.29, 1.82) is 0 Å². The zero-order valence-electron chi connectivity index (χ0n) is 6.04. The van der Waals surface area contributed by atoms with E-state index in [1.807, 2.05) is 6.92 Å². The molecule has 0 heterocycles. The summed E-state index contributed by atoms with van der Waals surface area (Å²) in [5, 5.41) is 8.64. The van der Waals surface area contributed by atoms with Gasteiger partial charge in [-0.05, 0) is 13.0 Å². The van der Waals surface area contributed by atoms with E-state index >= 15 is 0 Å². The molecule has 0 spiro atoms. The van der Waals surface area contributed by atoms with Gasteiger partial charge in [-0.2, -0.15) is 0 Å². The highest BCUT2D eigenvalue weighted by Crippen LogP contribution is 2.11. The van der Waals surface area contributed by atoms with E-state index in [4.69, 9.17) is 10.8 Å². The van der Waals surface area contributed by atoms with Gasteiger partial charge in [-0.3, -0.25) is 4.79 Å². The van der Waals surface area contributed by atoms with Gasteiger partial charge in [-0.15, -0.1) is 11.8 Å². The Labute approximate surface area is 65.0 Å². The highest BCUT2D eigenvalue weighted by molar-refractivity contribution is 8.00. The summed E-state index contributed by atoms with van der Waals surface area (Å²) < 4.78 is 0. The maximum absolute atomic E-state index is 10.1. The third-order valence-electron chi connectivity index (χ3n) is 1.06. The largest absolute Gasteiger partial charge is 0.481 e. The van der Waals surface area contributed by atoms with Crippen molar-refractivity contribution < 1.29 is 9.90 Å².